The van der Waals surface area contributed by atoms with E-state index in [0.29, 0.717) is 11.7 Å². The molecule has 3 heteroatoms. The van der Waals surface area contributed by atoms with Crippen LogP contribution < -0.4 is 0 Å². The van der Waals surface area contributed by atoms with Crippen LogP contribution in [0.3, 0.4) is 0 Å². The lowest BCUT2D eigenvalue weighted by molar-refractivity contribution is 0.212. The Morgan fingerprint density at radius 1 is 0.824 bits per heavy atom. The Bertz CT molecular complexity index is 355. The molecule has 0 bridgehead atoms. The monoisotopic (exact) mass is 260 g/mol. The van der Waals surface area contributed by atoms with Crippen LogP contribution in [0.5, 0.6) is 0 Å². The predicted octanol–water partition coefficient (Wildman–Crippen LogP) is 3.66. The van der Waals surface area contributed by atoms with E-state index in [1.807, 2.05) is 20.8 Å². The highest BCUT2D eigenvalue weighted by molar-refractivity contribution is 7.92. The Morgan fingerprint density at radius 3 is 1.76 bits per heavy atom. The summed E-state index contributed by atoms with van der Waals surface area (Å²) >= 11 is 0. The molecular weight excluding hydrogens is 232 g/mol. The van der Waals surface area contributed by atoms with Crippen LogP contribution in [-0.2, 0) is 9.84 Å². The molecule has 2 nitrogen and oxygen atoms in total. The average molecular weight is 260 g/mol. The molecule has 2 unspecified atom stereocenters. The molecule has 1 fully saturated rings. The van der Waals surface area contributed by atoms with Gasteiger partial charge in [-0.2, -0.15) is 0 Å². The van der Waals surface area contributed by atoms with Gasteiger partial charge in [0, 0.05) is 0 Å². The van der Waals surface area contributed by atoms with Crippen molar-refractivity contribution in [1.82, 2.24) is 0 Å². The van der Waals surface area contributed by atoms with Gasteiger partial charge in [-0.15, -0.1) is 0 Å². The van der Waals surface area contributed by atoms with Crippen LogP contribution in [0.4, 0.5) is 0 Å². The molecule has 0 amide bonds. The number of rotatable bonds is 0. The Balaban J connectivity index is 2.94. The van der Waals surface area contributed by atoms with E-state index in [1.165, 1.54) is 0 Å². The molecule has 1 rings (SSSR count). The fourth-order valence-corrected chi connectivity index (χ4v) is 5.43. The molecule has 1 saturated heterocycles. The van der Waals surface area contributed by atoms with Crippen molar-refractivity contribution in [2.75, 3.05) is 5.75 Å². The first kappa shape index (κ1) is 15.0. The topological polar surface area (TPSA) is 34.1 Å². The van der Waals surface area contributed by atoms with Crippen molar-refractivity contribution >= 4 is 9.84 Å². The maximum Gasteiger partial charge on any atom is 0.153 e. The minimum atomic E-state index is -2.91. The minimum Gasteiger partial charge on any atom is -0.229 e. The SMILES string of the molecule is CC(C)(C)C1CCC(C(C)(C)C)S(=O)(=O)CC1. The Kier molecular flexibility index (Phi) is 4.03. The average Bonchev–Trinajstić information content (AvgIpc) is 2.20. The summed E-state index contributed by atoms with van der Waals surface area (Å²) in [4.78, 5) is 0. The van der Waals surface area contributed by atoms with E-state index >= 15 is 0 Å². The van der Waals surface area contributed by atoms with Crippen LogP contribution in [0.15, 0.2) is 0 Å². The maximum absolute atomic E-state index is 12.3. The molecule has 0 spiro atoms. The predicted molar refractivity (Wildman–Crippen MR) is 73.8 cm³/mol. The molecule has 1 aliphatic rings. The first-order valence-electron chi connectivity index (χ1n) is 6.66. The lowest BCUT2D eigenvalue weighted by Gasteiger charge is -2.31. The third-order valence-electron chi connectivity index (χ3n) is 4.15. The smallest absolute Gasteiger partial charge is 0.153 e. The van der Waals surface area contributed by atoms with E-state index in [2.05, 4.69) is 20.8 Å². The molecule has 0 aromatic heterocycles. The maximum atomic E-state index is 12.3. The molecule has 0 aliphatic carbocycles. The second-order valence-corrected chi connectivity index (χ2v) is 9.95. The molecule has 0 aromatic rings. The summed E-state index contributed by atoms with van der Waals surface area (Å²) in [5.74, 6) is 0.904. The third kappa shape index (κ3) is 3.70. The molecular formula is C14H28O2S. The Hall–Kier alpha value is -0.0500. The summed E-state index contributed by atoms with van der Waals surface area (Å²) in [7, 11) is -2.91. The Labute approximate surface area is 107 Å². The van der Waals surface area contributed by atoms with Gasteiger partial charge in [0.1, 0.15) is 0 Å². The van der Waals surface area contributed by atoms with Gasteiger partial charge < -0.3 is 0 Å². The molecule has 0 radical (unpaired) electrons. The van der Waals surface area contributed by atoms with E-state index in [4.69, 9.17) is 0 Å². The van der Waals surface area contributed by atoms with Gasteiger partial charge >= 0.3 is 0 Å². The zero-order chi connectivity index (χ0) is 13.5. The van der Waals surface area contributed by atoms with Crippen LogP contribution in [-0.4, -0.2) is 19.4 Å². The van der Waals surface area contributed by atoms with E-state index in [9.17, 15) is 8.42 Å². The minimum absolute atomic E-state index is 0.133. The van der Waals surface area contributed by atoms with Crippen LogP contribution >= 0.6 is 0 Å². The second kappa shape index (κ2) is 4.56. The molecule has 0 aromatic carbocycles. The zero-order valence-electron chi connectivity index (χ0n) is 12.2. The van der Waals surface area contributed by atoms with Crippen molar-refractivity contribution in [2.45, 2.75) is 66.1 Å². The molecule has 102 valence electrons. The zero-order valence-corrected chi connectivity index (χ0v) is 13.0. The van der Waals surface area contributed by atoms with Gasteiger partial charge in [0.25, 0.3) is 0 Å². The second-order valence-electron chi connectivity index (χ2n) is 7.65. The number of sulfone groups is 1. The van der Waals surface area contributed by atoms with E-state index in [0.717, 1.165) is 19.3 Å². The fourth-order valence-electron chi connectivity index (χ4n) is 2.96. The number of hydrogen-bond acceptors (Lipinski definition) is 2. The largest absolute Gasteiger partial charge is 0.229 e. The third-order valence-corrected chi connectivity index (χ3v) is 6.77. The molecule has 0 N–H and O–H groups in total. The van der Waals surface area contributed by atoms with Crippen molar-refractivity contribution in [3.8, 4) is 0 Å². The summed E-state index contributed by atoms with van der Waals surface area (Å²) in [6.07, 6.45) is 2.71. The summed E-state index contributed by atoms with van der Waals surface area (Å²) in [5, 5.41) is -0.164. The highest BCUT2D eigenvalue weighted by Gasteiger charge is 2.40. The molecule has 17 heavy (non-hydrogen) atoms. The van der Waals surface area contributed by atoms with Crippen LogP contribution in [0.2, 0.25) is 0 Å². The normalized spacial score (nSPS) is 30.9. The first-order chi connectivity index (χ1) is 7.44. The van der Waals surface area contributed by atoms with Gasteiger partial charge in [0.05, 0.1) is 11.0 Å². The molecule has 0 saturated carbocycles. The van der Waals surface area contributed by atoms with Crippen molar-refractivity contribution in [3.63, 3.8) is 0 Å². The van der Waals surface area contributed by atoms with Gasteiger partial charge in [-0.25, -0.2) is 8.42 Å². The fraction of sp³-hybridized carbons (Fsp3) is 1.00. The van der Waals surface area contributed by atoms with Gasteiger partial charge in [-0.1, -0.05) is 41.5 Å². The summed E-state index contributed by atoms with van der Waals surface area (Å²) in [5.41, 5.74) is 0.0912. The van der Waals surface area contributed by atoms with Crippen molar-refractivity contribution in [1.29, 1.82) is 0 Å². The van der Waals surface area contributed by atoms with Gasteiger partial charge in [-0.3, -0.25) is 0 Å². The van der Waals surface area contributed by atoms with E-state index in [-0.39, 0.29) is 16.1 Å². The Morgan fingerprint density at radius 2 is 1.35 bits per heavy atom. The van der Waals surface area contributed by atoms with Crippen LogP contribution in [0.1, 0.15) is 60.8 Å². The van der Waals surface area contributed by atoms with Gasteiger partial charge in [0.15, 0.2) is 9.84 Å². The highest BCUT2D eigenvalue weighted by Crippen LogP contribution is 2.40. The number of hydrogen-bond donors (Lipinski definition) is 0. The molecule has 1 aliphatic heterocycles. The lowest BCUT2D eigenvalue weighted by Crippen LogP contribution is -2.34. The van der Waals surface area contributed by atoms with Gasteiger partial charge in [0.2, 0.25) is 0 Å². The molecule has 2 atom stereocenters. The van der Waals surface area contributed by atoms with Crippen LogP contribution in [0, 0.1) is 16.7 Å². The van der Waals surface area contributed by atoms with E-state index in [1.54, 1.807) is 0 Å². The first-order valence-corrected chi connectivity index (χ1v) is 8.38. The van der Waals surface area contributed by atoms with Crippen molar-refractivity contribution < 1.29 is 8.42 Å². The van der Waals surface area contributed by atoms with E-state index < -0.39 is 9.84 Å². The molecule has 1 heterocycles. The van der Waals surface area contributed by atoms with Crippen molar-refractivity contribution in [2.24, 2.45) is 16.7 Å². The van der Waals surface area contributed by atoms with Gasteiger partial charge in [-0.05, 0) is 36.0 Å². The van der Waals surface area contributed by atoms with Crippen molar-refractivity contribution in [3.05, 3.63) is 0 Å². The lowest BCUT2D eigenvalue weighted by atomic mass is 9.75. The summed E-state index contributed by atoms with van der Waals surface area (Å²) in [6, 6.07) is 0. The summed E-state index contributed by atoms with van der Waals surface area (Å²) < 4.78 is 24.6. The quantitative estimate of drug-likeness (QED) is 0.666. The van der Waals surface area contributed by atoms with Crippen LogP contribution in [0.25, 0.3) is 0 Å². The standard InChI is InChI=1S/C14H28O2S/c1-13(2,3)11-7-8-12(14(4,5)6)17(15,16)10-9-11/h11-12H,7-10H2,1-6H3. The highest BCUT2D eigenvalue weighted by atomic mass is 32.2. The summed E-state index contributed by atoms with van der Waals surface area (Å²) in [6.45, 7) is 12.8.